The van der Waals surface area contributed by atoms with Crippen molar-refractivity contribution in [3.05, 3.63) is 59.9 Å². The molecule has 0 saturated heterocycles. The van der Waals surface area contributed by atoms with Gasteiger partial charge < -0.3 is 15.6 Å². The summed E-state index contributed by atoms with van der Waals surface area (Å²) in [7, 11) is 0. The number of halogens is 1. The van der Waals surface area contributed by atoms with Gasteiger partial charge in [-0.1, -0.05) is 46.3 Å². The summed E-state index contributed by atoms with van der Waals surface area (Å²) in [5, 5.41) is 6.66. The zero-order valence-corrected chi connectivity index (χ0v) is 14.7. The maximum atomic E-state index is 4.63. The van der Waals surface area contributed by atoms with E-state index in [2.05, 4.69) is 53.6 Å². The van der Waals surface area contributed by atoms with E-state index in [1.54, 1.807) is 0 Å². The normalized spacial score (nSPS) is 16.3. The molecule has 3 heterocycles. The lowest BCUT2D eigenvalue weighted by Crippen LogP contribution is -2.22. The van der Waals surface area contributed by atoms with Crippen molar-refractivity contribution in [3.8, 4) is 11.4 Å². The van der Waals surface area contributed by atoms with Gasteiger partial charge in [-0.15, -0.1) is 0 Å². The topological polar surface area (TPSA) is 65.6 Å². The van der Waals surface area contributed by atoms with Crippen molar-refractivity contribution in [1.29, 1.82) is 0 Å². The summed E-state index contributed by atoms with van der Waals surface area (Å²) < 4.78 is 0. The third-order valence-electron chi connectivity index (χ3n) is 4.05. The van der Waals surface area contributed by atoms with Crippen LogP contribution >= 0.6 is 15.9 Å². The van der Waals surface area contributed by atoms with Crippen LogP contribution in [0, 0.1) is 0 Å². The van der Waals surface area contributed by atoms with Crippen LogP contribution in [0.2, 0.25) is 0 Å². The number of pyridine rings is 1. The number of hydrogen-bond acceptors (Lipinski definition) is 4. The molecule has 0 radical (unpaired) electrons. The van der Waals surface area contributed by atoms with Crippen LogP contribution in [-0.4, -0.2) is 26.3 Å². The van der Waals surface area contributed by atoms with Gasteiger partial charge in [0.05, 0.1) is 5.69 Å². The molecule has 1 aliphatic heterocycles. The Kier molecular flexibility index (Phi) is 4.21. The molecule has 0 aliphatic carbocycles. The number of hydrogen-bond donors (Lipinski definition) is 3. The fraction of sp³-hybridized carbons (Fsp3) is 0.222. The minimum Gasteiger partial charge on any atom is -0.367 e. The Labute approximate surface area is 149 Å². The summed E-state index contributed by atoms with van der Waals surface area (Å²) in [4.78, 5) is 13.0. The number of imidazole rings is 1. The minimum absolute atomic E-state index is 0.445. The lowest BCUT2D eigenvalue weighted by Gasteiger charge is -2.16. The summed E-state index contributed by atoms with van der Waals surface area (Å²) in [5.74, 6) is 2.67. The van der Waals surface area contributed by atoms with Crippen LogP contribution < -0.4 is 10.6 Å². The third-order valence-corrected chi connectivity index (χ3v) is 4.70. The second kappa shape index (κ2) is 6.65. The monoisotopic (exact) mass is 383 g/mol. The molecule has 1 unspecified atom stereocenters. The van der Waals surface area contributed by atoms with E-state index in [0.29, 0.717) is 4.83 Å². The number of nitrogens with zero attached hydrogens (tertiary/aromatic N) is 2. The zero-order chi connectivity index (χ0) is 16.4. The number of aromatic amines is 1. The van der Waals surface area contributed by atoms with Gasteiger partial charge in [-0.05, 0) is 17.7 Å². The zero-order valence-electron chi connectivity index (χ0n) is 13.1. The first-order valence-electron chi connectivity index (χ1n) is 7.99. The smallest absolute Gasteiger partial charge is 0.148 e. The molecule has 5 nitrogen and oxygen atoms in total. The van der Waals surface area contributed by atoms with Crippen molar-refractivity contribution in [3.63, 3.8) is 0 Å². The second-order valence-corrected chi connectivity index (χ2v) is 7.16. The van der Waals surface area contributed by atoms with Crippen molar-refractivity contribution >= 4 is 27.6 Å². The Morgan fingerprint density at radius 2 is 2.04 bits per heavy atom. The molecule has 2 aromatic heterocycles. The molecule has 0 saturated carbocycles. The fourth-order valence-corrected chi connectivity index (χ4v) is 3.25. The summed E-state index contributed by atoms with van der Waals surface area (Å²) >= 11 is 3.64. The Balaban J connectivity index is 1.46. The molecule has 0 spiro atoms. The lowest BCUT2D eigenvalue weighted by molar-refractivity contribution is 0.839. The van der Waals surface area contributed by atoms with Gasteiger partial charge in [0.2, 0.25) is 0 Å². The number of H-pyrrole nitrogens is 1. The van der Waals surface area contributed by atoms with Crippen molar-refractivity contribution in [2.75, 3.05) is 17.2 Å². The first-order valence-corrected chi connectivity index (χ1v) is 8.90. The van der Waals surface area contributed by atoms with Gasteiger partial charge in [-0.2, -0.15) is 0 Å². The number of alkyl halides is 1. The highest BCUT2D eigenvalue weighted by molar-refractivity contribution is 9.09. The van der Waals surface area contributed by atoms with Gasteiger partial charge in [-0.25, -0.2) is 9.97 Å². The van der Waals surface area contributed by atoms with Crippen molar-refractivity contribution in [2.45, 2.75) is 17.8 Å². The van der Waals surface area contributed by atoms with Gasteiger partial charge in [-0.3, -0.25) is 0 Å². The Morgan fingerprint density at radius 1 is 1.17 bits per heavy atom. The number of aromatic nitrogens is 3. The van der Waals surface area contributed by atoms with E-state index in [4.69, 9.17) is 0 Å². The molecule has 4 rings (SSSR count). The molecule has 3 N–H and O–H groups in total. The molecule has 122 valence electrons. The van der Waals surface area contributed by atoms with E-state index < -0.39 is 0 Å². The van der Waals surface area contributed by atoms with Gasteiger partial charge in [0.1, 0.15) is 17.5 Å². The molecule has 0 fully saturated rings. The largest absolute Gasteiger partial charge is 0.367 e. The van der Waals surface area contributed by atoms with Crippen molar-refractivity contribution < 1.29 is 0 Å². The summed E-state index contributed by atoms with van der Waals surface area (Å²) in [6, 6.07) is 14.3. The first-order chi connectivity index (χ1) is 11.8. The number of nitrogens with one attached hydrogen (secondary N) is 3. The Bertz CT molecular complexity index is 813. The average molecular weight is 384 g/mol. The molecule has 0 amide bonds. The molecule has 3 aromatic rings. The quantitative estimate of drug-likeness (QED) is 0.599. The number of rotatable bonds is 4. The highest BCUT2D eigenvalue weighted by atomic mass is 79.9. The maximum absolute atomic E-state index is 4.63. The van der Waals surface area contributed by atoms with Gasteiger partial charge in [0.15, 0.2) is 0 Å². The molecular weight excluding hydrogens is 366 g/mol. The van der Waals surface area contributed by atoms with Crippen LogP contribution in [0.15, 0.2) is 48.7 Å². The molecule has 1 aromatic carbocycles. The summed E-state index contributed by atoms with van der Waals surface area (Å²) in [6.45, 7) is 1.66. The number of anilines is 2. The van der Waals surface area contributed by atoms with Crippen LogP contribution in [0.25, 0.3) is 11.4 Å². The molecule has 1 aliphatic rings. The van der Waals surface area contributed by atoms with Crippen molar-refractivity contribution in [2.24, 2.45) is 0 Å². The van der Waals surface area contributed by atoms with E-state index in [1.807, 2.05) is 36.5 Å². The SMILES string of the molecule is BrC1CNc2nc(-c3ccc(NCc4ccccc4)nc3)[nH]c2C1. The summed E-state index contributed by atoms with van der Waals surface area (Å²) in [6.07, 6.45) is 2.81. The second-order valence-electron chi connectivity index (χ2n) is 5.87. The predicted molar refractivity (Wildman–Crippen MR) is 100 cm³/mol. The van der Waals surface area contributed by atoms with Gasteiger partial charge >= 0.3 is 0 Å². The van der Waals surface area contributed by atoms with Crippen LogP contribution in [0.4, 0.5) is 11.6 Å². The van der Waals surface area contributed by atoms with E-state index in [-0.39, 0.29) is 0 Å². The van der Waals surface area contributed by atoms with Gasteiger partial charge in [0, 0.05) is 36.1 Å². The van der Waals surface area contributed by atoms with Crippen LogP contribution in [0.1, 0.15) is 11.3 Å². The van der Waals surface area contributed by atoms with Crippen molar-refractivity contribution in [1.82, 2.24) is 15.0 Å². The van der Waals surface area contributed by atoms with E-state index in [1.165, 1.54) is 5.56 Å². The molecule has 1 atom stereocenters. The molecular formula is C18H18BrN5. The highest BCUT2D eigenvalue weighted by Gasteiger charge is 2.20. The van der Waals surface area contributed by atoms with E-state index in [9.17, 15) is 0 Å². The Hall–Kier alpha value is -2.34. The molecule has 6 heteroatoms. The maximum Gasteiger partial charge on any atom is 0.148 e. The third kappa shape index (κ3) is 3.28. The molecule has 0 bridgehead atoms. The lowest BCUT2D eigenvalue weighted by atomic mass is 10.2. The van der Waals surface area contributed by atoms with Crippen LogP contribution in [-0.2, 0) is 13.0 Å². The average Bonchev–Trinajstić information content (AvgIpc) is 3.04. The van der Waals surface area contributed by atoms with E-state index >= 15 is 0 Å². The first kappa shape index (κ1) is 15.2. The standard InChI is InChI=1S/C18H18BrN5/c19-14-8-15-18(22-11-14)24-17(23-15)13-6-7-16(21-10-13)20-9-12-4-2-1-3-5-12/h1-7,10,14,22H,8-9,11H2,(H,20,21)(H,23,24). The minimum atomic E-state index is 0.445. The van der Waals surface area contributed by atoms with Crippen LogP contribution in [0.3, 0.4) is 0 Å². The number of benzene rings is 1. The van der Waals surface area contributed by atoms with Gasteiger partial charge in [0.25, 0.3) is 0 Å². The number of fused-ring (bicyclic) bond motifs is 1. The van der Waals surface area contributed by atoms with Crippen LogP contribution in [0.5, 0.6) is 0 Å². The fourth-order valence-electron chi connectivity index (χ4n) is 2.77. The predicted octanol–water partition coefficient (Wildman–Crippen LogP) is 3.82. The summed E-state index contributed by atoms with van der Waals surface area (Å²) in [5.41, 5.74) is 3.37. The Morgan fingerprint density at radius 3 is 2.83 bits per heavy atom. The molecule has 24 heavy (non-hydrogen) atoms. The highest BCUT2D eigenvalue weighted by Crippen LogP contribution is 2.27. The van der Waals surface area contributed by atoms with E-state index in [0.717, 1.165) is 48.2 Å².